The highest BCUT2D eigenvalue weighted by Gasteiger charge is 2.37. The molecule has 36 heavy (non-hydrogen) atoms. The Kier molecular flexibility index (Phi) is 7.30. The number of allylic oxidation sites excluding steroid dienone is 1. The summed E-state index contributed by atoms with van der Waals surface area (Å²) in [5, 5.41) is 15.6. The minimum atomic E-state index is -0.840. The number of nitro benzene ring substituents is 1. The van der Waals surface area contributed by atoms with Crippen LogP contribution in [0.2, 0.25) is 0 Å². The van der Waals surface area contributed by atoms with Crippen molar-refractivity contribution >= 4 is 34.5 Å². The van der Waals surface area contributed by atoms with E-state index in [2.05, 4.69) is 5.32 Å². The number of methoxy groups -OCH3 is 1. The SMILES string of the molecule is COc1cc([C@@H]2NC(=S)N(c3ccccc3)C(C)=C2C(C)=O)c([N+](=O)[O-])cc1OCc1ccccc1. The van der Waals surface area contributed by atoms with E-state index >= 15 is 0 Å². The summed E-state index contributed by atoms with van der Waals surface area (Å²) in [6.45, 7) is 3.43. The van der Waals surface area contributed by atoms with E-state index in [0.717, 1.165) is 11.3 Å². The molecule has 0 bridgehead atoms. The first-order valence-electron chi connectivity index (χ1n) is 11.2. The monoisotopic (exact) mass is 503 g/mol. The minimum Gasteiger partial charge on any atom is -0.493 e. The Labute approximate surface area is 214 Å². The van der Waals surface area contributed by atoms with Crippen molar-refractivity contribution in [3.8, 4) is 11.5 Å². The van der Waals surface area contributed by atoms with Gasteiger partial charge in [-0.2, -0.15) is 0 Å². The predicted octanol–water partition coefficient (Wildman–Crippen LogP) is 5.48. The largest absolute Gasteiger partial charge is 0.493 e. The fraction of sp³-hybridized carbons (Fsp3) is 0.185. The summed E-state index contributed by atoms with van der Waals surface area (Å²) in [5.41, 5.74) is 2.70. The van der Waals surface area contributed by atoms with Crippen molar-refractivity contribution in [3.05, 3.63) is 105 Å². The summed E-state index contributed by atoms with van der Waals surface area (Å²) >= 11 is 5.64. The summed E-state index contributed by atoms with van der Waals surface area (Å²) in [4.78, 5) is 26.3. The molecule has 3 aromatic carbocycles. The maximum absolute atomic E-state index is 12.8. The van der Waals surface area contributed by atoms with Crippen LogP contribution in [-0.4, -0.2) is 22.9 Å². The van der Waals surface area contributed by atoms with Gasteiger partial charge in [-0.3, -0.25) is 19.8 Å². The number of rotatable bonds is 8. The second kappa shape index (κ2) is 10.6. The number of para-hydroxylation sites is 1. The number of carbonyl (C=O) groups excluding carboxylic acids is 1. The highest BCUT2D eigenvalue weighted by atomic mass is 32.1. The van der Waals surface area contributed by atoms with E-state index in [1.165, 1.54) is 26.2 Å². The van der Waals surface area contributed by atoms with E-state index in [1.807, 2.05) is 60.7 Å². The third kappa shape index (κ3) is 4.92. The van der Waals surface area contributed by atoms with E-state index in [0.29, 0.717) is 22.1 Å². The number of hydrogen-bond acceptors (Lipinski definition) is 6. The number of hydrogen-bond donors (Lipinski definition) is 1. The average molecular weight is 504 g/mol. The third-order valence-electron chi connectivity index (χ3n) is 5.94. The molecule has 1 N–H and O–H groups in total. The third-order valence-corrected chi connectivity index (χ3v) is 6.24. The first kappa shape index (κ1) is 24.9. The lowest BCUT2D eigenvalue weighted by Gasteiger charge is -2.37. The second-order valence-corrected chi connectivity index (χ2v) is 8.59. The van der Waals surface area contributed by atoms with Gasteiger partial charge in [-0.25, -0.2) is 0 Å². The molecule has 4 rings (SSSR count). The molecule has 1 heterocycles. The Balaban J connectivity index is 1.80. The molecule has 0 unspecified atom stereocenters. The highest BCUT2D eigenvalue weighted by Crippen LogP contribution is 2.42. The van der Waals surface area contributed by atoms with E-state index in [-0.39, 0.29) is 29.4 Å². The number of benzene rings is 3. The molecule has 1 aliphatic rings. The lowest BCUT2D eigenvalue weighted by atomic mass is 9.91. The molecule has 0 aromatic heterocycles. The molecule has 0 amide bonds. The molecule has 0 saturated heterocycles. The maximum Gasteiger partial charge on any atom is 0.279 e. The molecule has 1 aliphatic heterocycles. The number of anilines is 1. The predicted molar refractivity (Wildman–Crippen MR) is 141 cm³/mol. The molecular weight excluding hydrogens is 478 g/mol. The quantitative estimate of drug-likeness (QED) is 0.245. The first-order valence-corrected chi connectivity index (χ1v) is 11.6. The van der Waals surface area contributed by atoms with Gasteiger partial charge in [0.25, 0.3) is 5.69 Å². The Morgan fingerprint density at radius 1 is 1.08 bits per heavy atom. The number of nitro groups is 1. The smallest absolute Gasteiger partial charge is 0.279 e. The van der Waals surface area contributed by atoms with E-state index < -0.39 is 11.0 Å². The molecule has 8 nitrogen and oxygen atoms in total. The number of nitrogens with zero attached hydrogens (tertiary/aromatic N) is 2. The molecule has 0 saturated carbocycles. The van der Waals surface area contributed by atoms with Gasteiger partial charge < -0.3 is 14.8 Å². The summed E-state index contributed by atoms with van der Waals surface area (Å²) in [5.74, 6) is 0.308. The van der Waals surface area contributed by atoms with Crippen LogP contribution in [0.15, 0.2) is 84.1 Å². The van der Waals surface area contributed by atoms with Crippen LogP contribution in [0.4, 0.5) is 11.4 Å². The molecule has 184 valence electrons. The number of ketones is 1. The van der Waals surface area contributed by atoms with Gasteiger partial charge in [-0.05, 0) is 49.8 Å². The van der Waals surface area contributed by atoms with Crippen molar-refractivity contribution in [2.24, 2.45) is 0 Å². The van der Waals surface area contributed by atoms with Crippen molar-refractivity contribution < 1.29 is 19.2 Å². The van der Waals surface area contributed by atoms with Gasteiger partial charge in [0.2, 0.25) is 0 Å². The van der Waals surface area contributed by atoms with Crippen molar-refractivity contribution in [1.82, 2.24) is 5.32 Å². The molecule has 9 heteroatoms. The normalized spacial score (nSPS) is 15.4. The topological polar surface area (TPSA) is 93.9 Å². The van der Waals surface area contributed by atoms with E-state index in [1.54, 1.807) is 11.8 Å². The van der Waals surface area contributed by atoms with Gasteiger partial charge in [0, 0.05) is 17.0 Å². The van der Waals surface area contributed by atoms with Crippen LogP contribution >= 0.6 is 12.2 Å². The molecule has 0 spiro atoms. The van der Waals surface area contributed by atoms with Gasteiger partial charge >= 0.3 is 0 Å². The van der Waals surface area contributed by atoms with Crippen molar-refractivity contribution in [2.45, 2.75) is 26.5 Å². The van der Waals surface area contributed by atoms with Crippen molar-refractivity contribution in [2.75, 3.05) is 12.0 Å². The zero-order chi connectivity index (χ0) is 25.8. The van der Waals surface area contributed by atoms with Crippen LogP contribution in [0.1, 0.15) is 31.0 Å². The molecule has 0 radical (unpaired) electrons. The van der Waals surface area contributed by atoms with Gasteiger partial charge in [-0.15, -0.1) is 0 Å². The van der Waals surface area contributed by atoms with Crippen LogP contribution in [0.25, 0.3) is 0 Å². The second-order valence-electron chi connectivity index (χ2n) is 8.20. The van der Waals surface area contributed by atoms with Crippen LogP contribution in [0.5, 0.6) is 11.5 Å². The summed E-state index contributed by atoms with van der Waals surface area (Å²) < 4.78 is 11.4. The lowest BCUT2D eigenvalue weighted by molar-refractivity contribution is -0.385. The summed E-state index contributed by atoms with van der Waals surface area (Å²) in [7, 11) is 1.46. The van der Waals surface area contributed by atoms with Gasteiger partial charge in [-0.1, -0.05) is 48.5 Å². The molecule has 1 atom stereocenters. The zero-order valence-electron chi connectivity index (χ0n) is 20.1. The van der Waals surface area contributed by atoms with Gasteiger partial charge in [0.15, 0.2) is 22.4 Å². The number of ether oxygens (including phenoxy) is 2. The molecule has 0 aliphatic carbocycles. The number of Topliss-reactive ketones (excluding diaryl/α,β-unsaturated/α-hetero) is 1. The van der Waals surface area contributed by atoms with E-state index in [4.69, 9.17) is 21.7 Å². The maximum atomic E-state index is 12.8. The molecule has 0 fully saturated rings. The lowest BCUT2D eigenvalue weighted by Crippen LogP contribution is -2.47. The van der Waals surface area contributed by atoms with Crippen molar-refractivity contribution in [1.29, 1.82) is 0 Å². The number of nitrogens with one attached hydrogen (secondary N) is 1. The molecular formula is C27H25N3O5S. The van der Waals surface area contributed by atoms with Crippen molar-refractivity contribution in [3.63, 3.8) is 0 Å². The summed E-state index contributed by atoms with van der Waals surface area (Å²) in [6, 6.07) is 20.9. The fourth-order valence-corrected chi connectivity index (χ4v) is 4.64. The van der Waals surface area contributed by atoms with Gasteiger partial charge in [0.1, 0.15) is 6.61 Å². The molecule has 3 aromatic rings. The van der Waals surface area contributed by atoms with Crippen LogP contribution in [0.3, 0.4) is 0 Å². The number of thiocarbonyl (C=S) groups is 1. The van der Waals surface area contributed by atoms with Crippen LogP contribution in [0, 0.1) is 10.1 Å². The Bertz CT molecular complexity index is 1340. The van der Waals surface area contributed by atoms with E-state index in [9.17, 15) is 14.9 Å². The zero-order valence-corrected chi connectivity index (χ0v) is 20.9. The standard InChI is InChI=1S/C27H25N3O5S/c1-17-25(18(2)31)26(28-27(36)29(17)20-12-8-5-9-13-20)21-14-23(34-3)24(15-22(21)30(32)33)35-16-19-10-6-4-7-11-19/h4-15,26H,16H2,1-3H3,(H,28,36)/t26-/m0/s1. The minimum absolute atomic E-state index is 0.209. The summed E-state index contributed by atoms with van der Waals surface area (Å²) in [6.07, 6.45) is 0. The number of carbonyl (C=O) groups is 1. The van der Waals surface area contributed by atoms with Crippen LogP contribution < -0.4 is 19.7 Å². The first-order chi connectivity index (χ1) is 17.3. The van der Waals surface area contributed by atoms with Gasteiger partial charge in [0.05, 0.1) is 29.7 Å². The van der Waals surface area contributed by atoms with Crippen LogP contribution in [-0.2, 0) is 11.4 Å². The highest BCUT2D eigenvalue weighted by molar-refractivity contribution is 7.80. The average Bonchev–Trinajstić information content (AvgIpc) is 2.87. The fourth-order valence-electron chi connectivity index (χ4n) is 4.28. The Hall–Kier alpha value is -4.24. The Morgan fingerprint density at radius 3 is 2.31 bits per heavy atom. The Morgan fingerprint density at radius 2 is 1.72 bits per heavy atom.